The van der Waals surface area contributed by atoms with Crippen LogP contribution in [0.3, 0.4) is 0 Å². The Morgan fingerprint density at radius 3 is 2.42 bits per heavy atom. The number of allylic oxidation sites excluding steroid dienone is 6. The van der Waals surface area contributed by atoms with E-state index in [0.717, 1.165) is 0 Å². The molecule has 0 saturated heterocycles. The summed E-state index contributed by atoms with van der Waals surface area (Å²) in [6.45, 7) is 7.60. The molecule has 0 N–H and O–H groups in total. The summed E-state index contributed by atoms with van der Waals surface area (Å²) in [7, 11) is 0. The molecule has 0 atom stereocenters. The van der Waals surface area contributed by atoms with Gasteiger partial charge in [-0.15, -0.1) is 0 Å². The van der Waals surface area contributed by atoms with Crippen LogP contribution < -0.4 is 0 Å². The third-order valence-electron chi connectivity index (χ3n) is 1.48. The maximum absolute atomic E-state index is 3.80. The second-order valence-corrected chi connectivity index (χ2v) is 6.57. The first-order chi connectivity index (χ1) is 5.88. The van der Waals surface area contributed by atoms with Crippen molar-refractivity contribution in [2.24, 2.45) is 0 Å². The summed E-state index contributed by atoms with van der Waals surface area (Å²) in [5.74, 6) is 0. The Hall–Kier alpha value is -0.378. The Morgan fingerprint density at radius 1 is 1.33 bits per heavy atom. The molecule has 12 heavy (non-hydrogen) atoms. The predicted octanol–water partition coefficient (Wildman–Crippen LogP) is 3.66. The minimum absolute atomic E-state index is 0.506. The molecular formula is C11H15Pd. The molecule has 0 bridgehead atoms. The van der Waals surface area contributed by atoms with Crippen molar-refractivity contribution in [3.63, 3.8) is 0 Å². The number of hydrogen-bond donors (Lipinski definition) is 0. The van der Waals surface area contributed by atoms with E-state index in [1.54, 1.807) is 4.05 Å². The molecule has 0 aromatic heterocycles. The van der Waals surface area contributed by atoms with Gasteiger partial charge in [-0.2, -0.15) is 0 Å². The van der Waals surface area contributed by atoms with E-state index in [4.69, 9.17) is 0 Å². The molecule has 0 aliphatic heterocycles. The molecule has 1 heteroatoms. The van der Waals surface area contributed by atoms with E-state index in [1.165, 1.54) is 16.2 Å². The molecule has 0 unspecified atom stereocenters. The van der Waals surface area contributed by atoms with E-state index >= 15 is 0 Å². The third-order valence-corrected chi connectivity index (χ3v) is 5.90. The van der Waals surface area contributed by atoms with E-state index in [2.05, 4.69) is 31.4 Å². The SMILES string of the molecule is C=C[CH2][Pd]([CH2]C=C)[C]1=CC=CC1. The average molecular weight is 254 g/mol. The van der Waals surface area contributed by atoms with Gasteiger partial charge in [0.1, 0.15) is 0 Å². The van der Waals surface area contributed by atoms with E-state index in [9.17, 15) is 0 Å². The van der Waals surface area contributed by atoms with Crippen LogP contribution in [0.1, 0.15) is 6.42 Å². The molecule has 1 rings (SSSR count). The van der Waals surface area contributed by atoms with Crippen LogP contribution in [-0.4, -0.2) is 0 Å². The monoisotopic (exact) mass is 253 g/mol. The zero-order valence-corrected chi connectivity index (χ0v) is 8.79. The minimum atomic E-state index is -0.506. The van der Waals surface area contributed by atoms with Crippen molar-refractivity contribution >= 4 is 0 Å². The van der Waals surface area contributed by atoms with Gasteiger partial charge >= 0.3 is 80.6 Å². The van der Waals surface area contributed by atoms with Crippen LogP contribution in [0.15, 0.2) is 47.6 Å². The number of rotatable bonds is 5. The van der Waals surface area contributed by atoms with Gasteiger partial charge in [-0.3, -0.25) is 0 Å². The molecule has 0 spiro atoms. The van der Waals surface area contributed by atoms with Crippen molar-refractivity contribution in [1.82, 2.24) is 0 Å². The van der Waals surface area contributed by atoms with E-state index in [1.807, 2.05) is 12.2 Å². The fraction of sp³-hybridized carbons (Fsp3) is 0.273. The van der Waals surface area contributed by atoms with Gasteiger partial charge in [0.2, 0.25) is 0 Å². The Bertz CT molecular complexity index is 213. The van der Waals surface area contributed by atoms with Gasteiger partial charge in [0.15, 0.2) is 0 Å². The zero-order chi connectivity index (χ0) is 8.81. The molecule has 0 amide bonds. The van der Waals surface area contributed by atoms with E-state index in [-0.39, 0.29) is 0 Å². The first kappa shape index (κ1) is 9.71. The van der Waals surface area contributed by atoms with Crippen molar-refractivity contribution < 1.29 is 16.8 Å². The Balaban J connectivity index is 2.52. The molecule has 69 valence electrons. The van der Waals surface area contributed by atoms with Gasteiger partial charge in [-0.1, -0.05) is 0 Å². The fourth-order valence-electron chi connectivity index (χ4n) is 1.01. The van der Waals surface area contributed by atoms with Gasteiger partial charge < -0.3 is 0 Å². The van der Waals surface area contributed by atoms with Crippen LogP contribution in [0.5, 0.6) is 0 Å². The summed E-state index contributed by atoms with van der Waals surface area (Å²) >= 11 is -0.506. The molecule has 0 aromatic carbocycles. The Morgan fingerprint density at radius 2 is 2.00 bits per heavy atom. The first-order valence-corrected chi connectivity index (χ1v) is 6.93. The molecule has 0 heterocycles. The molecule has 0 nitrogen and oxygen atoms in total. The summed E-state index contributed by atoms with van der Waals surface area (Å²) in [6.07, 6.45) is 11.9. The summed E-state index contributed by atoms with van der Waals surface area (Å²) in [4.78, 5) is 2.37. The summed E-state index contributed by atoms with van der Waals surface area (Å²) < 4.78 is 1.64. The van der Waals surface area contributed by atoms with Crippen LogP contribution in [0.2, 0.25) is 9.79 Å². The maximum atomic E-state index is 3.80. The van der Waals surface area contributed by atoms with Crippen LogP contribution in [0.25, 0.3) is 0 Å². The standard InChI is InChI=1S/C5H5.2C3H5.Pd/c1-2-4-5-3-1;2*1-3-2;/h1-3H,4H2;2*3H,1-2H2;. The first-order valence-electron chi connectivity index (χ1n) is 3.96. The van der Waals surface area contributed by atoms with Gasteiger partial charge in [-0.25, -0.2) is 0 Å². The molecule has 1 aliphatic carbocycles. The van der Waals surface area contributed by atoms with Gasteiger partial charge in [0.25, 0.3) is 0 Å². The second-order valence-electron chi connectivity index (χ2n) is 2.42. The number of hydrogen-bond acceptors (Lipinski definition) is 0. The fourth-order valence-corrected chi connectivity index (χ4v) is 4.32. The van der Waals surface area contributed by atoms with Crippen molar-refractivity contribution in [2.75, 3.05) is 0 Å². The molecule has 0 aromatic rings. The van der Waals surface area contributed by atoms with Crippen molar-refractivity contribution in [1.29, 1.82) is 0 Å². The summed E-state index contributed by atoms with van der Waals surface area (Å²) in [5.41, 5.74) is 0. The predicted molar refractivity (Wildman–Crippen MR) is 51.8 cm³/mol. The van der Waals surface area contributed by atoms with Crippen LogP contribution in [-0.2, 0) is 16.8 Å². The second kappa shape index (κ2) is 5.30. The zero-order valence-electron chi connectivity index (χ0n) is 7.24. The molecule has 0 saturated carbocycles. The molecule has 1 aliphatic rings. The Kier molecular flexibility index (Phi) is 4.29. The summed E-state index contributed by atoms with van der Waals surface area (Å²) in [6, 6.07) is 0. The van der Waals surface area contributed by atoms with Crippen LogP contribution >= 0.6 is 0 Å². The summed E-state index contributed by atoms with van der Waals surface area (Å²) in [5, 5.41) is 0. The molecule has 0 fully saturated rings. The van der Waals surface area contributed by atoms with Crippen molar-refractivity contribution in [3.05, 3.63) is 47.6 Å². The van der Waals surface area contributed by atoms with Crippen LogP contribution in [0, 0.1) is 0 Å². The third kappa shape index (κ3) is 2.59. The molecular weight excluding hydrogens is 239 g/mol. The molecule has 0 radical (unpaired) electrons. The van der Waals surface area contributed by atoms with Crippen LogP contribution in [0.4, 0.5) is 0 Å². The van der Waals surface area contributed by atoms with Gasteiger partial charge in [-0.05, 0) is 0 Å². The van der Waals surface area contributed by atoms with Crippen molar-refractivity contribution in [3.8, 4) is 0 Å². The quantitative estimate of drug-likeness (QED) is 0.518. The Labute approximate surface area is 80.7 Å². The van der Waals surface area contributed by atoms with Gasteiger partial charge in [0.05, 0.1) is 0 Å². The average Bonchev–Trinajstić information content (AvgIpc) is 2.56. The van der Waals surface area contributed by atoms with Gasteiger partial charge in [0, 0.05) is 0 Å². The van der Waals surface area contributed by atoms with E-state index in [0.29, 0.717) is 0 Å². The van der Waals surface area contributed by atoms with Crippen molar-refractivity contribution in [2.45, 2.75) is 16.2 Å². The van der Waals surface area contributed by atoms with E-state index < -0.39 is 16.8 Å². The topological polar surface area (TPSA) is 0 Å². The normalized spacial score (nSPS) is 15.7.